The van der Waals surface area contributed by atoms with E-state index in [0.717, 1.165) is 31.3 Å². The normalized spacial score (nSPS) is 35.1. The van der Waals surface area contributed by atoms with Crippen LogP contribution in [-0.2, 0) is 33.3 Å². The molecule has 1 saturated heterocycles. The van der Waals surface area contributed by atoms with Gasteiger partial charge in [0.1, 0.15) is 12.2 Å². The van der Waals surface area contributed by atoms with Gasteiger partial charge >= 0.3 is 17.9 Å². The highest BCUT2D eigenvalue weighted by molar-refractivity contribution is 5.82. The van der Waals surface area contributed by atoms with Gasteiger partial charge in [0.25, 0.3) is 0 Å². The molecule has 1 spiro atoms. The fourth-order valence-electron chi connectivity index (χ4n) is 7.12. The number of unbranched alkanes of at least 4 members (excludes halogenated alkanes) is 3. The first-order valence-corrected chi connectivity index (χ1v) is 15.2. The minimum Gasteiger partial charge on any atom is -0.456 e. The second-order valence-electron chi connectivity index (χ2n) is 12.2. The molecule has 3 rings (SSSR count). The Kier molecular flexibility index (Phi) is 11.7. The SMILES string of the molecule is C=CC(=C)CC[C@]1(C)[C@H](C)[C@@H](OC(=O)/C=C\C=C\CCCCC)[C@H](O)[C@@]23C(=C[C@H](O)C[C@@H]12)[C@@H](OC(C)=O)O[C@@H]3OC(C)=O. The molecule has 0 radical (unpaired) electrons. The smallest absolute Gasteiger partial charge is 0.331 e. The molecule has 0 aromatic carbocycles. The molecular weight excluding hydrogens is 552 g/mol. The zero-order chi connectivity index (χ0) is 31.9. The highest BCUT2D eigenvalue weighted by Gasteiger charge is 2.74. The maximum absolute atomic E-state index is 13.1. The average molecular weight is 601 g/mol. The van der Waals surface area contributed by atoms with Gasteiger partial charge < -0.3 is 24.4 Å². The van der Waals surface area contributed by atoms with Crippen LogP contribution in [0.3, 0.4) is 0 Å². The number of ether oxygens (including phenoxy) is 4. The molecule has 0 amide bonds. The maximum Gasteiger partial charge on any atom is 0.331 e. The first-order chi connectivity index (χ1) is 20.3. The summed E-state index contributed by atoms with van der Waals surface area (Å²) in [7, 11) is 0. The number of esters is 3. The van der Waals surface area contributed by atoms with E-state index in [1.54, 1.807) is 18.2 Å². The average Bonchev–Trinajstić information content (AvgIpc) is 3.23. The van der Waals surface area contributed by atoms with Crippen LogP contribution in [0, 0.1) is 22.7 Å². The van der Waals surface area contributed by atoms with Gasteiger partial charge in [-0.1, -0.05) is 76.6 Å². The molecule has 1 aliphatic heterocycles. The lowest BCUT2D eigenvalue weighted by molar-refractivity contribution is -0.276. The van der Waals surface area contributed by atoms with Crippen molar-refractivity contribution < 1.29 is 43.5 Å². The minimum atomic E-state index is -1.48. The van der Waals surface area contributed by atoms with E-state index in [9.17, 15) is 24.6 Å². The van der Waals surface area contributed by atoms with Crippen LogP contribution >= 0.6 is 0 Å². The van der Waals surface area contributed by atoms with Crippen LogP contribution in [0.15, 0.2) is 60.8 Å². The van der Waals surface area contributed by atoms with Gasteiger partial charge in [-0.05, 0) is 49.5 Å². The third-order valence-electron chi connectivity index (χ3n) is 9.47. The highest BCUT2D eigenvalue weighted by Crippen LogP contribution is 2.67. The second-order valence-corrected chi connectivity index (χ2v) is 12.2. The maximum atomic E-state index is 13.1. The predicted molar refractivity (Wildman–Crippen MR) is 161 cm³/mol. The number of hydrogen-bond acceptors (Lipinski definition) is 9. The third kappa shape index (κ3) is 7.21. The summed E-state index contributed by atoms with van der Waals surface area (Å²) in [6.45, 7) is 16.4. The lowest BCUT2D eigenvalue weighted by Gasteiger charge is -2.62. The van der Waals surface area contributed by atoms with Gasteiger partial charge in [-0.3, -0.25) is 14.3 Å². The number of carbonyl (C=O) groups is 3. The van der Waals surface area contributed by atoms with Crippen molar-refractivity contribution in [3.05, 3.63) is 60.8 Å². The van der Waals surface area contributed by atoms with Crippen LogP contribution in [0.2, 0.25) is 0 Å². The van der Waals surface area contributed by atoms with Gasteiger partial charge in [-0.15, -0.1) is 0 Å². The van der Waals surface area contributed by atoms with Crippen molar-refractivity contribution in [1.29, 1.82) is 0 Å². The standard InChI is InChI=1S/C34H48O9/c1-8-10-11-12-13-14-15-16-28(38)42-29-22(4)33(7,18-17-21(3)9-2)27-20-25(37)19-26-31(40-23(5)35)43-32(41-24(6)36)34(26,27)30(29)39/h9,13-16,19,22,25,27,29-32,37,39H,2-3,8,10-12,17-18,20H2,1,4-7H3/b14-13+,16-15-/t22-,25+,27+,29-,30+,31+,32+,33-,34-/m1/s1. The molecule has 9 heteroatoms. The van der Waals surface area contributed by atoms with Crippen LogP contribution < -0.4 is 0 Å². The number of allylic oxidation sites excluding steroid dienone is 5. The van der Waals surface area contributed by atoms with E-state index in [1.807, 2.05) is 19.9 Å². The van der Waals surface area contributed by atoms with Crippen molar-refractivity contribution in [2.75, 3.05) is 0 Å². The Labute approximate surface area is 255 Å². The van der Waals surface area contributed by atoms with Gasteiger partial charge in [-0.2, -0.15) is 0 Å². The van der Waals surface area contributed by atoms with Crippen molar-refractivity contribution in [3.8, 4) is 0 Å². The van der Waals surface area contributed by atoms with Gasteiger partial charge in [0.05, 0.1) is 11.5 Å². The zero-order valence-electron chi connectivity index (χ0n) is 26.1. The van der Waals surface area contributed by atoms with E-state index >= 15 is 0 Å². The summed E-state index contributed by atoms with van der Waals surface area (Å²) in [5.41, 5.74) is -1.08. The molecule has 238 valence electrons. The summed E-state index contributed by atoms with van der Waals surface area (Å²) < 4.78 is 23.2. The van der Waals surface area contributed by atoms with E-state index in [0.29, 0.717) is 12.8 Å². The molecule has 1 heterocycles. The monoisotopic (exact) mass is 600 g/mol. The molecule has 43 heavy (non-hydrogen) atoms. The Morgan fingerprint density at radius 2 is 1.81 bits per heavy atom. The summed E-state index contributed by atoms with van der Waals surface area (Å²) in [6, 6.07) is 0. The lowest BCUT2D eigenvalue weighted by atomic mass is 9.44. The van der Waals surface area contributed by atoms with Crippen LogP contribution in [0.5, 0.6) is 0 Å². The van der Waals surface area contributed by atoms with Crippen LogP contribution in [0.25, 0.3) is 0 Å². The van der Waals surface area contributed by atoms with Gasteiger partial charge in [0.2, 0.25) is 12.6 Å². The Morgan fingerprint density at radius 3 is 2.44 bits per heavy atom. The number of rotatable bonds is 13. The summed E-state index contributed by atoms with van der Waals surface area (Å²) in [5, 5.41) is 23.3. The summed E-state index contributed by atoms with van der Waals surface area (Å²) in [5.74, 6) is -2.89. The molecule has 1 saturated carbocycles. The molecule has 0 aromatic rings. The van der Waals surface area contributed by atoms with Gasteiger partial charge in [-0.25, -0.2) is 4.79 Å². The van der Waals surface area contributed by atoms with Crippen molar-refractivity contribution in [2.45, 2.75) is 110 Å². The summed E-state index contributed by atoms with van der Waals surface area (Å²) in [6.07, 6.45) is 9.32. The van der Waals surface area contributed by atoms with Crippen molar-refractivity contribution >= 4 is 17.9 Å². The first kappa shape index (κ1) is 34.5. The molecule has 0 unspecified atom stereocenters. The second kappa shape index (κ2) is 14.6. The highest BCUT2D eigenvalue weighted by atomic mass is 16.8. The minimum absolute atomic E-state index is 0.208. The van der Waals surface area contributed by atoms with E-state index in [2.05, 4.69) is 20.1 Å². The third-order valence-corrected chi connectivity index (χ3v) is 9.47. The van der Waals surface area contributed by atoms with Crippen molar-refractivity contribution in [3.63, 3.8) is 0 Å². The molecule has 2 N–H and O–H groups in total. The Bertz CT molecular complexity index is 1150. The Hall–Kier alpha value is -3.01. The molecule has 3 aliphatic rings. The predicted octanol–water partition coefficient (Wildman–Crippen LogP) is 5.23. The quantitative estimate of drug-likeness (QED) is 0.0729. The number of aliphatic hydroxyl groups is 2. The number of carbonyl (C=O) groups excluding carboxylic acids is 3. The fourth-order valence-corrected chi connectivity index (χ4v) is 7.12. The first-order valence-electron chi connectivity index (χ1n) is 15.2. The topological polar surface area (TPSA) is 129 Å². The summed E-state index contributed by atoms with van der Waals surface area (Å²) in [4.78, 5) is 37.5. The molecule has 2 aliphatic carbocycles. The molecular formula is C34H48O9. The van der Waals surface area contributed by atoms with Crippen LogP contribution in [0.1, 0.15) is 79.6 Å². The van der Waals surface area contributed by atoms with Gasteiger partial charge in [0, 0.05) is 31.4 Å². The van der Waals surface area contributed by atoms with E-state index < -0.39 is 71.5 Å². The number of aliphatic hydroxyl groups excluding tert-OH is 2. The lowest BCUT2D eigenvalue weighted by Crippen LogP contribution is -2.68. The molecule has 9 atom stereocenters. The van der Waals surface area contributed by atoms with E-state index in [4.69, 9.17) is 18.9 Å². The Morgan fingerprint density at radius 1 is 1.12 bits per heavy atom. The van der Waals surface area contributed by atoms with E-state index in [1.165, 1.54) is 26.0 Å². The van der Waals surface area contributed by atoms with Crippen LogP contribution in [-0.4, -0.2) is 59.0 Å². The van der Waals surface area contributed by atoms with Crippen molar-refractivity contribution in [1.82, 2.24) is 0 Å². The van der Waals surface area contributed by atoms with Gasteiger partial charge in [0.15, 0.2) is 0 Å². The number of hydrogen-bond donors (Lipinski definition) is 2. The summed E-state index contributed by atoms with van der Waals surface area (Å²) >= 11 is 0. The zero-order valence-corrected chi connectivity index (χ0v) is 26.1. The fraction of sp³-hybridized carbons (Fsp3) is 0.618. The molecule has 2 fully saturated rings. The Balaban J connectivity index is 2.09. The molecule has 9 nitrogen and oxygen atoms in total. The molecule has 0 aromatic heterocycles. The molecule has 0 bridgehead atoms. The van der Waals surface area contributed by atoms with Crippen molar-refractivity contribution in [2.24, 2.45) is 22.7 Å². The van der Waals surface area contributed by atoms with Crippen LogP contribution in [0.4, 0.5) is 0 Å². The van der Waals surface area contributed by atoms with E-state index in [-0.39, 0.29) is 12.0 Å². The largest absolute Gasteiger partial charge is 0.456 e.